The van der Waals surface area contributed by atoms with Crippen LogP contribution in [0.2, 0.25) is 5.02 Å². The summed E-state index contributed by atoms with van der Waals surface area (Å²) in [6, 6.07) is 15.2. The second-order valence-corrected chi connectivity index (χ2v) is 5.29. The molecule has 2 rings (SSSR count). The van der Waals surface area contributed by atoms with E-state index in [9.17, 15) is 5.11 Å². The summed E-state index contributed by atoms with van der Waals surface area (Å²) in [5.74, 6) is 0. The highest BCUT2D eigenvalue weighted by molar-refractivity contribution is 9.10. The minimum atomic E-state index is -0.136. The van der Waals surface area contributed by atoms with Crippen molar-refractivity contribution in [2.75, 3.05) is 11.9 Å². The van der Waals surface area contributed by atoms with Crippen LogP contribution < -0.4 is 5.32 Å². The Hall–Kier alpha value is -1.03. The summed E-state index contributed by atoms with van der Waals surface area (Å²) in [4.78, 5) is 0. The van der Waals surface area contributed by atoms with Gasteiger partial charge in [0.15, 0.2) is 0 Å². The van der Waals surface area contributed by atoms with E-state index >= 15 is 0 Å². The molecule has 1 atom stereocenters. The van der Waals surface area contributed by atoms with Gasteiger partial charge in [0, 0.05) is 15.2 Å². The first kappa shape index (κ1) is 13.4. The van der Waals surface area contributed by atoms with Crippen molar-refractivity contribution in [3.05, 3.63) is 63.6 Å². The Kier molecular flexibility index (Phi) is 4.64. The number of aliphatic hydroxyl groups excluding tert-OH is 1. The van der Waals surface area contributed by atoms with Crippen molar-refractivity contribution < 1.29 is 5.11 Å². The van der Waals surface area contributed by atoms with Crippen LogP contribution in [0.1, 0.15) is 11.6 Å². The molecule has 2 aromatic carbocycles. The first-order valence-electron chi connectivity index (χ1n) is 5.57. The van der Waals surface area contributed by atoms with Gasteiger partial charge in [0.2, 0.25) is 0 Å². The van der Waals surface area contributed by atoms with Gasteiger partial charge in [-0.25, -0.2) is 0 Å². The van der Waals surface area contributed by atoms with Crippen LogP contribution in [0.4, 0.5) is 5.69 Å². The average molecular weight is 327 g/mol. The van der Waals surface area contributed by atoms with Crippen molar-refractivity contribution in [1.82, 2.24) is 0 Å². The van der Waals surface area contributed by atoms with Gasteiger partial charge in [0.1, 0.15) is 0 Å². The molecule has 0 aliphatic carbocycles. The van der Waals surface area contributed by atoms with Gasteiger partial charge in [0.05, 0.1) is 12.6 Å². The Balaban J connectivity index is 2.14. The molecule has 2 aromatic rings. The lowest BCUT2D eigenvalue weighted by Crippen LogP contribution is -2.14. The minimum absolute atomic E-state index is 0.0255. The maximum Gasteiger partial charge on any atom is 0.0745 e. The number of nitrogens with one attached hydrogen (secondary N) is 1. The molecule has 18 heavy (non-hydrogen) atoms. The quantitative estimate of drug-likeness (QED) is 0.880. The zero-order valence-electron chi connectivity index (χ0n) is 9.61. The van der Waals surface area contributed by atoms with Crippen molar-refractivity contribution in [1.29, 1.82) is 0 Å². The molecule has 0 heterocycles. The standard InChI is InChI=1S/C14H13BrClNO/c15-11-3-7-13(8-4-11)17-14(9-18)10-1-5-12(16)6-2-10/h1-8,14,17-18H,9H2. The molecule has 0 bridgehead atoms. The molecule has 0 fully saturated rings. The molecule has 2 N–H and O–H groups in total. The molecule has 4 heteroatoms. The fourth-order valence-electron chi connectivity index (χ4n) is 1.68. The zero-order chi connectivity index (χ0) is 13.0. The normalized spacial score (nSPS) is 12.2. The number of aliphatic hydroxyl groups is 1. The maximum atomic E-state index is 9.46. The summed E-state index contributed by atoms with van der Waals surface area (Å²) < 4.78 is 1.03. The molecule has 2 nitrogen and oxygen atoms in total. The van der Waals surface area contributed by atoms with Gasteiger partial charge in [-0.15, -0.1) is 0 Å². The van der Waals surface area contributed by atoms with E-state index in [0.717, 1.165) is 15.7 Å². The Labute approximate surface area is 120 Å². The summed E-state index contributed by atoms with van der Waals surface area (Å²) in [5, 5.41) is 13.4. The molecule has 1 unspecified atom stereocenters. The van der Waals surface area contributed by atoms with E-state index in [1.807, 2.05) is 48.5 Å². The molecule has 0 spiro atoms. The third kappa shape index (κ3) is 3.48. The summed E-state index contributed by atoms with van der Waals surface area (Å²) in [6.07, 6.45) is 0. The fraction of sp³-hybridized carbons (Fsp3) is 0.143. The monoisotopic (exact) mass is 325 g/mol. The van der Waals surface area contributed by atoms with Crippen LogP contribution in [0.15, 0.2) is 53.0 Å². The van der Waals surface area contributed by atoms with Gasteiger partial charge < -0.3 is 10.4 Å². The number of halogens is 2. The van der Waals surface area contributed by atoms with Crippen LogP contribution in [-0.2, 0) is 0 Å². The fourth-order valence-corrected chi connectivity index (χ4v) is 2.07. The van der Waals surface area contributed by atoms with E-state index in [1.165, 1.54) is 0 Å². The highest BCUT2D eigenvalue weighted by atomic mass is 79.9. The summed E-state index contributed by atoms with van der Waals surface area (Å²) in [6.45, 7) is 0.0255. The van der Waals surface area contributed by atoms with Crippen molar-refractivity contribution in [3.8, 4) is 0 Å². The van der Waals surface area contributed by atoms with Gasteiger partial charge in [-0.3, -0.25) is 0 Å². The van der Waals surface area contributed by atoms with Crippen molar-refractivity contribution in [2.24, 2.45) is 0 Å². The maximum absolute atomic E-state index is 9.46. The van der Waals surface area contributed by atoms with Crippen LogP contribution in [0.5, 0.6) is 0 Å². The molecular weight excluding hydrogens is 314 g/mol. The second-order valence-electron chi connectivity index (χ2n) is 3.94. The summed E-state index contributed by atoms with van der Waals surface area (Å²) in [7, 11) is 0. The van der Waals surface area contributed by atoms with Crippen LogP contribution in [0, 0.1) is 0 Å². The summed E-state index contributed by atoms with van der Waals surface area (Å²) in [5.41, 5.74) is 1.97. The number of hydrogen-bond acceptors (Lipinski definition) is 2. The molecule has 0 amide bonds. The third-order valence-electron chi connectivity index (χ3n) is 2.64. The van der Waals surface area contributed by atoms with E-state index < -0.39 is 0 Å². The number of benzene rings is 2. The molecule has 0 saturated heterocycles. The van der Waals surface area contributed by atoms with E-state index in [4.69, 9.17) is 11.6 Å². The van der Waals surface area contributed by atoms with Crippen molar-refractivity contribution in [3.63, 3.8) is 0 Å². The molecule has 0 aromatic heterocycles. The molecule has 94 valence electrons. The van der Waals surface area contributed by atoms with Crippen molar-refractivity contribution in [2.45, 2.75) is 6.04 Å². The van der Waals surface area contributed by atoms with E-state index in [1.54, 1.807) is 0 Å². The Bertz CT molecular complexity index is 498. The highest BCUT2D eigenvalue weighted by Gasteiger charge is 2.09. The van der Waals surface area contributed by atoms with E-state index in [2.05, 4.69) is 21.2 Å². The largest absolute Gasteiger partial charge is 0.394 e. The Morgan fingerprint density at radius 1 is 1.06 bits per heavy atom. The lowest BCUT2D eigenvalue weighted by Gasteiger charge is -2.18. The number of rotatable bonds is 4. The summed E-state index contributed by atoms with van der Waals surface area (Å²) >= 11 is 9.24. The molecule has 0 radical (unpaired) electrons. The van der Waals surface area contributed by atoms with Gasteiger partial charge in [-0.2, -0.15) is 0 Å². The van der Waals surface area contributed by atoms with Crippen LogP contribution in [0.25, 0.3) is 0 Å². The predicted octanol–water partition coefficient (Wildman–Crippen LogP) is 4.25. The van der Waals surface area contributed by atoms with Gasteiger partial charge in [-0.05, 0) is 42.0 Å². The Morgan fingerprint density at radius 2 is 1.67 bits per heavy atom. The minimum Gasteiger partial charge on any atom is -0.394 e. The first-order valence-corrected chi connectivity index (χ1v) is 6.74. The van der Waals surface area contributed by atoms with Crippen LogP contribution in [-0.4, -0.2) is 11.7 Å². The van der Waals surface area contributed by atoms with Gasteiger partial charge >= 0.3 is 0 Å². The van der Waals surface area contributed by atoms with Crippen LogP contribution in [0.3, 0.4) is 0 Å². The lowest BCUT2D eigenvalue weighted by molar-refractivity contribution is 0.276. The second kappa shape index (κ2) is 6.23. The van der Waals surface area contributed by atoms with Crippen molar-refractivity contribution >= 4 is 33.2 Å². The Morgan fingerprint density at radius 3 is 2.22 bits per heavy atom. The molecule has 0 aliphatic heterocycles. The van der Waals surface area contributed by atoms with E-state index in [0.29, 0.717) is 5.02 Å². The molecular formula is C14H13BrClNO. The average Bonchev–Trinajstić information content (AvgIpc) is 2.39. The zero-order valence-corrected chi connectivity index (χ0v) is 11.9. The number of anilines is 1. The van der Waals surface area contributed by atoms with Gasteiger partial charge in [-0.1, -0.05) is 39.7 Å². The number of hydrogen-bond donors (Lipinski definition) is 2. The smallest absolute Gasteiger partial charge is 0.0745 e. The first-order chi connectivity index (χ1) is 8.69. The lowest BCUT2D eigenvalue weighted by atomic mass is 10.1. The molecule has 0 aliphatic rings. The molecule has 0 saturated carbocycles. The highest BCUT2D eigenvalue weighted by Crippen LogP contribution is 2.22. The van der Waals surface area contributed by atoms with Crippen LogP contribution >= 0.6 is 27.5 Å². The van der Waals surface area contributed by atoms with E-state index in [-0.39, 0.29) is 12.6 Å². The topological polar surface area (TPSA) is 32.3 Å². The third-order valence-corrected chi connectivity index (χ3v) is 3.42. The van der Waals surface area contributed by atoms with Gasteiger partial charge in [0.25, 0.3) is 0 Å². The SMILES string of the molecule is OCC(Nc1ccc(Br)cc1)c1ccc(Cl)cc1. The predicted molar refractivity (Wildman–Crippen MR) is 79.0 cm³/mol.